The Morgan fingerprint density at radius 1 is 0.346 bits per heavy atom. The van der Waals surface area contributed by atoms with Crippen LogP contribution < -0.4 is 4.90 Å². The van der Waals surface area contributed by atoms with Gasteiger partial charge in [-0.3, -0.25) is 0 Å². The molecule has 0 aliphatic rings. The number of hydrogen-bond donors (Lipinski definition) is 0. The Morgan fingerprint density at radius 2 is 0.885 bits per heavy atom. The van der Waals surface area contributed by atoms with Crippen LogP contribution in [0.5, 0.6) is 0 Å². The summed E-state index contributed by atoms with van der Waals surface area (Å²) in [7, 11) is 0. The van der Waals surface area contributed by atoms with Crippen LogP contribution in [-0.2, 0) is 0 Å². The molecule has 0 fully saturated rings. The van der Waals surface area contributed by atoms with Crippen LogP contribution in [0, 0.1) is 0 Å². The highest BCUT2D eigenvalue weighted by atomic mass is 32.1. The topological polar surface area (TPSA) is 16.4 Å². The maximum absolute atomic E-state index is 7.01. The van der Waals surface area contributed by atoms with Gasteiger partial charge < -0.3 is 9.32 Å². The highest BCUT2D eigenvalue weighted by molar-refractivity contribution is 7.26. The number of fused-ring (bicyclic) bond motifs is 10. The standard InChI is InChI=1S/C48H29NOS2/c1-2-9-30(10-3-1)31-17-22-34(23-18-31)49(35-24-19-32(20-25-35)33-21-27-44-40(29-33)36-11-4-6-15-42(36)51-44)41-14-8-13-37-38-26-28-45-46(48(38)50-47(37)41)39-12-5-7-16-43(39)52-45/h1-29H. The van der Waals surface area contributed by atoms with E-state index in [1.54, 1.807) is 0 Å². The van der Waals surface area contributed by atoms with Gasteiger partial charge in [-0.1, -0.05) is 109 Å². The first kappa shape index (κ1) is 29.5. The van der Waals surface area contributed by atoms with E-state index in [9.17, 15) is 0 Å². The van der Waals surface area contributed by atoms with E-state index in [-0.39, 0.29) is 0 Å². The molecule has 8 aromatic carbocycles. The molecule has 244 valence electrons. The van der Waals surface area contributed by atoms with E-state index in [0.29, 0.717) is 0 Å². The molecule has 0 saturated carbocycles. The van der Waals surface area contributed by atoms with Gasteiger partial charge in [0.15, 0.2) is 5.58 Å². The van der Waals surface area contributed by atoms with Gasteiger partial charge in [0.1, 0.15) is 5.58 Å². The summed E-state index contributed by atoms with van der Waals surface area (Å²) in [6, 6.07) is 63.6. The van der Waals surface area contributed by atoms with Crippen LogP contribution in [0.2, 0.25) is 0 Å². The van der Waals surface area contributed by atoms with Crippen molar-refractivity contribution >= 4 is 102 Å². The average Bonchev–Trinajstić information content (AvgIpc) is 3.90. The number of para-hydroxylation sites is 1. The van der Waals surface area contributed by atoms with Crippen molar-refractivity contribution in [3.05, 3.63) is 176 Å². The number of thiophene rings is 2. The zero-order valence-electron chi connectivity index (χ0n) is 27.9. The van der Waals surface area contributed by atoms with Crippen LogP contribution in [-0.4, -0.2) is 0 Å². The monoisotopic (exact) mass is 699 g/mol. The number of hydrogen-bond acceptors (Lipinski definition) is 4. The summed E-state index contributed by atoms with van der Waals surface area (Å²) >= 11 is 3.68. The van der Waals surface area contributed by atoms with Gasteiger partial charge in [-0.15, -0.1) is 22.7 Å². The SMILES string of the molecule is c1ccc(-c2ccc(N(c3ccc(-c4ccc5sc6ccccc6c5c4)cc3)c3cccc4c3oc3c4ccc4sc5ccccc5c43)cc2)cc1. The van der Waals surface area contributed by atoms with Gasteiger partial charge in [-0.25, -0.2) is 0 Å². The van der Waals surface area contributed by atoms with Crippen LogP contribution in [0.1, 0.15) is 0 Å². The van der Waals surface area contributed by atoms with Crippen molar-refractivity contribution in [2.45, 2.75) is 0 Å². The van der Waals surface area contributed by atoms with Crippen molar-refractivity contribution in [3.63, 3.8) is 0 Å². The van der Waals surface area contributed by atoms with Crippen LogP contribution in [0.25, 0.3) is 84.5 Å². The molecule has 0 N–H and O–H groups in total. The molecule has 52 heavy (non-hydrogen) atoms. The van der Waals surface area contributed by atoms with Crippen molar-refractivity contribution < 1.29 is 4.42 Å². The molecule has 0 saturated heterocycles. The summed E-state index contributed by atoms with van der Waals surface area (Å²) < 4.78 is 12.2. The van der Waals surface area contributed by atoms with Crippen molar-refractivity contribution in [1.82, 2.24) is 0 Å². The normalized spacial score (nSPS) is 11.8. The maximum atomic E-state index is 7.01. The number of benzene rings is 8. The smallest absolute Gasteiger partial charge is 0.159 e. The zero-order chi connectivity index (χ0) is 34.2. The Morgan fingerprint density at radius 3 is 1.65 bits per heavy atom. The molecule has 2 nitrogen and oxygen atoms in total. The first-order valence-electron chi connectivity index (χ1n) is 17.5. The number of furan rings is 1. The fourth-order valence-electron chi connectivity index (χ4n) is 7.80. The van der Waals surface area contributed by atoms with Crippen molar-refractivity contribution in [2.24, 2.45) is 0 Å². The summed E-state index contributed by atoms with van der Waals surface area (Å²) in [6.45, 7) is 0. The van der Waals surface area contributed by atoms with Crippen molar-refractivity contribution in [2.75, 3.05) is 4.90 Å². The Bertz CT molecular complexity index is 3110. The molecule has 11 rings (SSSR count). The Labute approximate surface area is 308 Å². The number of anilines is 3. The van der Waals surface area contributed by atoms with E-state index >= 15 is 0 Å². The number of nitrogens with zero attached hydrogens (tertiary/aromatic N) is 1. The zero-order valence-corrected chi connectivity index (χ0v) is 29.5. The van der Waals surface area contributed by atoms with Crippen molar-refractivity contribution in [3.8, 4) is 22.3 Å². The summed E-state index contributed by atoms with van der Waals surface area (Å²) in [5, 5.41) is 7.32. The predicted octanol–water partition coefficient (Wildman–Crippen LogP) is 15.1. The molecule has 3 heterocycles. The van der Waals surface area contributed by atoms with Crippen LogP contribution >= 0.6 is 22.7 Å². The third kappa shape index (κ3) is 4.62. The van der Waals surface area contributed by atoms with Crippen LogP contribution in [0.15, 0.2) is 180 Å². The van der Waals surface area contributed by atoms with Gasteiger partial charge in [-0.2, -0.15) is 0 Å². The van der Waals surface area contributed by atoms with Gasteiger partial charge >= 0.3 is 0 Å². The molecule has 0 radical (unpaired) electrons. The molecule has 0 aliphatic carbocycles. The summed E-state index contributed by atoms with van der Waals surface area (Å²) in [5.41, 5.74) is 9.76. The van der Waals surface area contributed by atoms with Gasteiger partial charge in [-0.05, 0) is 89.0 Å². The largest absolute Gasteiger partial charge is 0.453 e. The van der Waals surface area contributed by atoms with Gasteiger partial charge in [0, 0.05) is 62.5 Å². The summed E-state index contributed by atoms with van der Waals surface area (Å²) in [6.07, 6.45) is 0. The van der Waals surface area contributed by atoms with E-state index in [2.05, 4.69) is 181 Å². The molecular formula is C48H29NOS2. The second-order valence-electron chi connectivity index (χ2n) is 13.3. The quantitative estimate of drug-likeness (QED) is 0.178. The minimum absolute atomic E-state index is 0.881. The predicted molar refractivity (Wildman–Crippen MR) is 225 cm³/mol. The molecule has 0 bridgehead atoms. The third-order valence-electron chi connectivity index (χ3n) is 10.3. The molecule has 0 unspecified atom stereocenters. The van der Waals surface area contributed by atoms with Crippen LogP contribution in [0.3, 0.4) is 0 Å². The minimum atomic E-state index is 0.881. The van der Waals surface area contributed by atoms with E-state index in [1.165, 1.54) is 62.6 Å². The first-order valence-corrected chi connectivity index (χ1v) is 19.1. The first-order chi connectivity index (χ1) is 25.8. The molecule has 0 atom stereocenters. The maximum Gasteiger partial charge on any atom is 0.159 e. The molecule has 0 amide bonds. The fourth-order valence-corrected chi connectivity index (χ4v) is 9.99. The second kappa shape index (κ2) is 11.7. The van der Waals surface area contributed by atoms with E-state index in [4.69, 9.17) is 4.42 Å². The molecule has 3 aromatic heterocycles. The van der Waals surface area contributed by atoms with E-state index in [1.807, 2.05) is 22.7 Å². The molecule has 0 spiro atoms. The minimum Gasteiger partial charge on any atom is -0.453 e. The average molecular weight is 700 g/mol. The Balaban J connectivity index is 1.08. The Kier molecular flexibility index (Phi) is 6.63. The third-order valence-corrected chi connectivity index (χ3v) is 12.6. The molecule has 0 aliphatic heterocycles. The van der Waals surface area contributed by atoms with Crippen LogP contribution in [0.4, 0.5) is 17.1 Å². The lowest BCUT2D eigenvalue weighted by Gasteiger charge is -2.26. The van der Waals surface area contributed by atoms with Gasteiger partial charge in [0.05, 0.1) is 5.69 Å². The molecular weight excluding hydrogens is 671 g/mol. The lowest BCUT2D eigenvalue weighted by atomic mass is 10.0. The highest BCUT2D eigenvalue weighted by Gasteiger charge is 2.21. The number of rotatable bonds is 5. The van der Waals surface area contributed by atoms with Crippen molar-refractivity contribution in [1.29, 1.82) is 0 Å². The Hall–Kier alpha value is -6.20. The van der Waals surface area contributed by atoms with E-state index < -0.39 is 0 Å². The van der Waals surface area contributed by atoms with Gasteiger partial charge in [0.25, 0.3) is 0 Å². The summed E-state index contributed by atoms with van der Waals surface area (Å²) in [4.78, 5) is 2.34. The molecule has 4 heteroatoms. The van der Waals surface area contributed by atoms with E-state index in [0.717, 1.165) is 39.0 Å². The molecule has 11 aromatic rings. The lowest BCUT2D eigenvalue weighted by molar-refractivity contribution is 0.673. The second-order valence-corrected chi connectivity index (χ2v) is 15.4. The fraction of sp³-hybridized carbons (Fsp3) is 0. The lowest BCUT2D eigenvalue weighted by Crippen LogP contribution is -2.10. The van der Waals surface area contributed by atoms with Gasteiger partial charge in [0.2, 0.25) is 0 Å². The summed E-state index contributed by atoms with van der Waals surface area (Å²) in [5.74, 6) is 0. The highest BCUT2D eigenvalue weighted by Crippen LogP contribution is 2.46.